The van der Waals surface area contributed by atoms with Crippen LogP contribution in [0.3, 0.4) is 0 Å². The standard InChI is InChI=1S/C16H14N2O3/c19-12-3-1-10(2-4-12)9-17-16(21)15-8-11-7-13(20)5-6-14(11)18-15/h1-8,18-20H,9H2,(H,17,21). The molecule has 106 valence electrons. The molecule has 0 atom stereocenters. The van der Waals surface area contributed by atoms with Gasteiger partial charge in [0.05, 0.1) is 0 Å². The minimum atomic E-state index is -0.223. The van der Waals surface area contributed by atoms with E-state index in [1.165, 1.54) is 0 Å². The van der Waals surface area contributed by atoms with E-state index in [2.05, 4.69) is 10.3 Å². The first-order chi connectivity index (χ1) is 10.1. The number of phenolic OH excluding ortho intramolecular Hbond substituents is 2. The molecule has 3 aromatic rings. The molecule has 0 aliphatic rings. The number of carbonyl (C=O) groups excluding carboxylic acids is 1. The van der Waals surface area contributed by atoms with Gasteiger partial charge in [-0.1, -0.05) is 12.1 Å². The van der Waals surface area contributed by atoms with E-state index in [9.17, 15) is 15.0 Å². The molecule has 1 heterocycles. The number of H-pyrrole nitrogens is 1. The molecule has 5 nitrogen and oxygen atoms in total. The van der Waals surface area contributed by atoms with E-state index >= 15 is 0 Å². The van der Waals surface area contributed by atoms with E-state index in [0.717, 1.165) is 16.5 Å². The van der Waals surface area contributed by atoms with Crippen LogP contribution in [0.5, 0.6) is 11.5 Å². The quantitative estimate of drug-likeness (QED) is 0.595. The monoisotopic (exact) mass is 282 g/mol. The number of nitrogens with one attached hydrogen (secondary N) is 2. The third-order valence-electron chi connectivity index (χ3n) is 3.24. The molecule has 4 N–H and O–H groups in total. The fraction of sp³-hybridized carbons (Fsp3) is 0.0625. The van der Waals surface area contributed by atoms with Crippen LogP contribution in [0.15, 0.2) is 48.5 Å². The van der Waals surface area contributed by atoms with Gasteiger partial charge in [-0.05, 0) is 42.0 Å². The number of rotatable bonds is 3. The maximum atomic E-state index is 12.1. The molecular formula is C16H14N2O3. The van der Waals surface area contributed by atoms with Crippen molar-refractivity contribution >= 4 is 16.8 Å². The van der Waals surface area contributed by atoms with Crippen LogP contribution >= 0.6 is 0 Å². The summed E-state index contributed by atoms with van der Waals surface area (Å²) in [5.41, 5.74) is 2.13. The smallest absolute Gasteiger partial charge is 0.267 e. The van der Waals surface area contributed by atoms with E-state index in [-0.39, 0.29) is 17.4 Å². The first kappa shape index (κ1) is 13.1. The maximum absolute atomic E-state index is 12.1. The number of fused-ring (bicyclic) bond motifs is 1. The van der Waals surface area contributed by atoms with Crippen LogP contribution in [0.1, 0.15) is 16.1 Å². The highest BCUT2D eigenvalue weighted by Gasteiger charge is 2.09. The summed E-state index contributed by atoms with van der Waals surface area (Å²) in [6.07, 6.45) is 0. The molecule has 1 amide bonds. The van der Waals surface area contributed by atoms with Crippen molar-refractivity contribution in [1.29, 1.82) is 0 Å². The summed E-state index contributed by atoms with van der Waals surface area (Å²) in [5, 5.41) is 22.2. The summed E-state index contributed by atoms with van der Waals surface area (Å²) >= 11 is 0. The van der Waals surface area contributed by atoms with Crippen LogP contribution in [0.25, 0.3) is 10.9 Å². The van der Waals surface area contributed by atoms with Crippen molar-refractivity contribution in [3.05, 3.63) is 59.8 Å². The van der Waals surface area contributed by atoms with Gasteiger partial charge in [0.15, 0.2) is 0 Å². The van der Waals surface area contributed by atoms with E-state index in [4.69, 9.17) is 0 Å². The van der Waals surface area contributed by atoms with Crippen molar-refractivity contribution < 1.29 is 15.0 Å². The zero-order valence-electron chi connectivity index (χ0n) is 11.1. The molecule has 0 aliphatic heterocycles. The van der Waals surface area contributed by atoms with Crippen LogP contribution in [-0.2, 0) is 6.54 Å². The second-order valence-corrected chi connectivity index (χ2v) is 4.80. The van der Waals surface area contributed by atoms with Gasteiger partial charge in [0.1, 0.15) is 17.2 Å². The average Bonchev–Trinajstić information content (AvgIpc) is 2.89. The molecule has 1 aromatic heterocycles. The molecule has 0 saturated carbocycles. The zero-order valence-corrected chi connectivity index (χ0v) is 11.1. The first-order valence-corrected chi connectivity index (χ1v) is 6.50. The summed E-state index contributed by atoms with van der Waals surface area (Å²) in [7, 11) is 0. The van der Waals surface area contributed by atoms with Crippen LogP contribution < -0.4 is 5.32 Å². The Hall–Kier alpha value is -2.95. The zero-order chi connectivity index (χ0) is 14.8. The van der Waals surface area contributed by atoms with Crippen molar-refractivity contribution in [1.82, 2.24) is 10.3 Å². The van der Waals surface area contributed by atoms with Gasteiger partial charge in [0, 0.05) is 17.4 Å². The SMILES string of the molecule is O=C(NCc1ccc(O)cc1)c1cc2cc(O)ccc2[nH]1. The molecule has 2 aromatic carbocycles. The summed E-state index contributed by atoms with van der Waals surface area (Å²) in [6, 6.07) is 13.2. The molecule has 0 radical (unpaired) electrons. The second kappa shape index (κ2) is 5.20. The van der Waals surface area contributed by atoms with Gasteiger partial charge in [-0.15, -0.1) is 0 Å². The third-order valence-corrected chi connectivity index (χ3v) is 3.24. The fourth-order valence-electron chi connectivity index (χ4n) is 2.13. The first-order valence-electron chi connectivity index (χ1n) is 6.50. The predicted octanol–water partition coefficient (Wildman–Crippen LogP) is 2.51. The number of benzene rings is 2. The van der Waals surface area contributed by atoms with Gasteiger partial charge in [0.2, 0.25) is 0 Å². The summed E-state index contributed by atoms with van der Waals surface area (Å²) in [4.78, 5) is 15.1. The highest BCUT2D eigenvalue weighted by molar-refractivity contribution is 5.98. The Balaban J connectivity index is 1.73. The largest absolute Gasteiger partial charge is 0.508 e. The Bertz CT molecular complexity index is 791. The van der Waals surface area contributed by atoms with E-state index in [1.807, 2.05) is 0 Å². The number of aromatic nitrogens is 1. The molecule has 0 unspecified atom stereocenters. The summed E-state index contributed by atoms with van der Waals surface area (Å²) < 4.78 is 0. The highest BCUT2D eigenvalue weighted by atomic mass is 16.3. The lowest BCUT2D eigenvalue weighted by Crippen LogP contribution is -2.22. The van der Waals surface area contributed by atoms with E-state index in [1.54, 1.807) is 48.5 Å². The van der Waals surface area contributed by atoms with Crippen LogP contribution in [0, 0.1) is 0 Å². The maximum Gasteiger partial charge on any atom is 0.267 e. The molecule has 0 spiro atoms. The Morgan fingerprint density at radius 1 is 1.00 bits per heavy atom. The topological polar surface area (TPSA) is 85.3 Å². The lowest BCUT2D eigenvalue weighted by Gasteiger charge is -2.04. The van der Waals surface area contributed by atoms with Gasteiger partial charge in [-0.25, -0.2) is 0 Å². The van der Waals surface area contributed by atoms with Gasteiger partial charge in [-0.2, -0.15) is 0 Å². The number of phenols is 2. The Morgan fingerprint density at radius 3 is 2.48 bits per heavy atom. The molecule has 0 fully saturated rings. The average molecular weight is 282 g/mol. The van der Waals surface area contributed by atoms with Gasteiger partial charge >= 0.3 is 0 Å². The summed E-state index contributed by atoms with van der Waals surface area (Å²) in [5.74, 6) is 0.136. The molecule has 0 aliphatic carbocycles. The second-order valence-electron chi connectivity index (χ2n) is 4.80. The highest BCUT2D eigenvalue weighted by Crippen LogP contribution is 2.20. The van der Waals surface area contributed by atoms with Gasteiger partial charge in [0.25, 0.3) is 5.91 Å². The van der Waals surface area contributed by atoms with Crippen molar-refractivity contribution in [2.45, 2.75) is 6.54 Å². The number of aromatic amines is 1. The Morgan fingerprint density at radius 2 is 1.71 bits per heavy atom. The van der Waals surface area contributed by atoms with Crippen molar-refractivity contribution in [3.8, 4) is 11.5 Å². The number of hydrogen-bond donors (Lipinski definition) is 4. The third kappa shape index (κ3) is 2.81. The minimum Gasteiger partial charge on any atom is -0.508 e. The lowest BCUT2D eigenvalue weighted by molar-refractivity contribution is 0.0947. The van der Waals surface area contributed by atoms with Crippen LogP contribution in [0.2, 0.25) is 0 Å². The number of carbonyl (C=O) groups is 1. The number of hydrogen-bond acceptors (Lipinski definition) is 3. The van der Waals surface area contributed by atoms with Gasteiger partial charge in [-0.3, -0.25) is 4.79 Å². The number of aromatic hydroxyl groups is 2. The molecule has 3 rings (SSSR count). The van der Waals surface area contributed by atoms with E-state index in [0.29, 0.717) is 12.2 Å². The summed E-state index contributed by atoms with van der Waals surface area (Å²) in [6.45, 7) is 0.375. The van der Waals surface area contributed by atoms with Crippen molar-refractivity contribution in [2.24, 2.45) is 0 Å². The van der Waals surface area contributed by atoms with E-state index < -0.39 is 0 Å². The number of amides is 1. The molecule has 5 heteroatoms. The van der Waals surface area contributed by atoms with Gasteiger partial charge < -0.3 is 20.5 Å². The molecule has 21 heavy (non-hydrogen) atoms. The molecule has 0 saturated heterocycles. The normalized spacial score (nSPS) is 10.7. The van der Waals surface area contributed by atoms with Crippen LogP contribution in [0.4, 0.5) is 0 Å². The lowest BCUT2D eigenvalue weighted by atomic mass is 10.2. The van der Waals surface area contributed by atoms with Crippen molar-refractivity contribution in [3.63, 3.8) is 0 Å². The van der Waals surface area contributed by atoms with Crippen molar-refractivity contribution in [2.75, 3.05) is 0 Å². The predicted molar refractivity (Wildman–Crippen MR) is 79.2 cm³/mol. The fourth-order valence-corrected chi connectivity index (χ4v) is 2.13. The Kier molecular flexibility index (Phi) is 3.23. The molecule has 0 bridgehead atoms. The molecular weight excluding hydrogens is 268 g/mol. The Labute approximate surface area is 120 Å². The van der Waals surface area contributed by atoms with Crippen LogP contribution in [-0.4, -0.2) is 21.1 Å². The minimum absolute atomic E-state index is 0.164.